The second-order valence-electron chi connectivity index (χ2n) is 3.05. The third kappa shape index (κ3) is 2.51. The molecule has 1 aliphatic rings. The zero-order valence-corrected chi connectivity index (χ0v) is 7.45. The third-order valence-corrected chi connectivity index (χ3v) is 3.71. The van der Waals surface area contributed by atoms with Crippen molar-refractivity contribution in [2.45, 2.75) is 32.6 Å². The molecule has 1 rings (SSSR count). The molecule has 10 heavy (non-hydrogen) atoms. The summed E-state index contributed by atoms with van der Waals surface area (Å²) in [6.45, 7) is 2.01. The minimum Gasteiger partial charge on any atom is -0.616 e. The van der Waals surface area contributed by atoms with Crippen molar-refractivity contribution in [1.82, 2.24) is 0 Å². The van der Waals surface area contributed by atoms with Gasteiger partial charge in [0.05, 0.1) is 0 Å². The summed E-state index contributed by atoms with van der Waals surface area (Å²) in [4.78, 5) is 0. The van der Waals surface area contributed by atoms with Crippen molar-refractivity contribution in [2.24, 2.45) is 5.92 Å². The quantitative estimate of drug-likeness (QED) is 0.579. The highest BCUT2D eigenvalue weighted by Crippen LogP contribution is 2.25. The van der Waals surface area contributed by atoms with Gasteiger partial charge in [-0.3, -0.25) is 0 Å². The summed E-state index contributed by atoms with van der Waals surface area (Å²) in [6.07, 6.45) is 5.38. The molecule has 1 atom stereocenters. The summed E-state index contributed by atoms with van der Waals surface area (Å²) in [6, 6.07) is 0. The molecule has 60 valence electrons. The lowest BCUT2D eigenvalue weighted by Crippen LogP contribution is -2.15. The largest absolute Gasteiger partial charge is 0.616 e. The Morgan fingerprint density at radius 1 is 1.40 bits per heavy atom. The van der Waals surface area contributed by atoms with Crippen molar-refractivity contribution in [1.29, 1.82) is 0 Å². The van der Waals surface area contributed by atoms with E-state index in [2.05, 4.69) is 0 Å². The van der Waals surface area contributed by atoms with Crippen LogP contribution in [0.25, 0.3) is 0 Å². The molecule has 0 bridgehead atoms. The van der Waals surface area contributed by atoms with Crippen LogP contribution in [0.5, 0.6) is 0 Å². The summed E-state index contributed by atoms with van der Waals surface area (Å²) in [5, 5.41) is 0. The zero-order valence-electron chi connectivity index (χ0n) is 6.64. The maximum atomic E-state index is 11.1. The van der Waals surface area contributed by atoms with Gasteiger partial charge in [0.15, 0.2) is 0 Å². The van der Waals surface area contributed by atoms with E-state index in [0.29, 0.717) is 0 Å². The van der Waals surface area contributed by atoms with Gasteiger partial charge >= 0.3 is 0 Å². The van der Waals surface area contributed by atoms with Gasteiger partial charge in [0.1, 0.15) is 11.5 Å². The van der Waals surface area contributed by atoms with Crippen molar-refractivity contribution in [2.75, 3.05) is 11.5 Å². The van der Waals surface area contributed by atoms with Crippen LogP contribution in [0, 0.1) is 5.92 Å². The first kappa shape index (κ1) is 8.41. The number of hydrogen-bond acceptors (Lipinski definition) is 1. The molecule has 0 N–H and O–H groups in total. The first-order chi connectivity index (χ1) is 4.83. The van der Waals surface area contributed by atoms with E-state index in [1.54, 1.807) is 0 Å². The average Bonchev–Trinajstić information content (AvgIpc) is 2.40. The van der Waals surface area contributed by atoms with E-state index in [1.165, 1.54) is 25.7 Å². The van der Waals surface area contributed by atoms with Gasteiger partial charge in [-0.25, -0.2) is 0 Å². The van der Waals surface area contributed by atoms with E-state index in [0.717, 1.165) is 17.4 Å². The highest BCUT2D eigenvalue weighted by atomic mass is 32.2. The van der Waals surface area contributed by atoms with E-state index in [9.17, 15) is 4.55 Å². The normalized spacial score (nSPS) is 23.4. The molecule has 0 heterocycles. The van der Waals surface area contributed by atoms with Gasteiger partial charge in [-0.15, -0.1) is 0 Å². The number of rotatable bonds is 3. The molecular weight excluding hydrogens is 144 g/mol. The zero-order chi connectivity index (χ0) is 7.40. The molecule has 0 saturated heterocycles. The highest BCUT2D eigenvalue weighted by Gasteiger charge is 2.19. The predicted octanol–water partition coefficient (Wildman–Crippen LogP) is 1.95. The monoisotopic (exact) mass is 160 g/mol. The van der Waals surface area contributed by atoms with E-state index in [4.69, 9.17) is 0 Å². The van der Waals surface area contributed by atoms with Gasteiger partial charge in [-0.2, -0.15) is 0 Å². The van der Waals surface area contributed by atoms with Gasteiger partial charge in [-0.1, -0.05) is 24.0 Å². The maximum Gasteiger partial charge on any atom is 0.108 e. The first-order valence-electron chi connectivity index (χ1n) is 4.18. The van der Waals surface area contributed by atoms with Crippen molar-refractivity contribution in [3.8, 4) is 0 Å². The van der Waals surface area contributed by atoms with Crippen LogP contribution in [0.4, 0.5) is 0 Å². The minimum absolute atomic E-state index is 0.517. The molecule has 1 saturated carbocycles. The van der Waals surface area contributed by atoms with Crippen LogP contribution in [0.15, 0.2) is 0 Å². The smallest absolute Gasteiger partial charge is 0.108 e. The van der Waals surface area contributed by atoms with Crippen LogP contribution in [0.3, 0.4) is 0 Å². The second kappa shape index (κ2) is 4.24. The first-order valence-corrected chi connectivity index (χ1v) is 5.66. The van der Waals surface area contributed by atoms with Crippen molar-refractivity contribution in [3.05, 3.63) is 0 Å². The minimum atomic E-state index is -0.517. The molecule has 0 aromatic heterocycles. The summed E-state index contributed by atoms with van der Waals surface area (Å²) in [5.74, 6) is 2.60. The van der Waals surface area contributed by atoms with Crippen LogP contribution in [-0.4, -0.2) is 16.1 Å². The molecule has 0 radical (unpaired) electrons. The van der Waals surface area contributed by atoms with Gasteiger partial charge in [-0.05, 0) is 19.8 Å². The molecule has 1 fully saturated rings. The van der Waals surface area contributed by atoms with Crippen molar-refractivity contribution >= 4 is 11.2 Å². The fourth-order valence-corrected chi connectivity index (χ4v) is 2.65. The Morgan fingerprint density at radius 3 is 2.50 bits per heavy atom. The van der Waals surface area contributed by atoms with Crippen molar-refractivity contribution < 1.29 is 4.55 Å². The molecule has 1 unspecified atom stereocenters. The fourth-order valence-electron chi connectivity index (χ4n) is 1.56. The van der Waals surface area contributed by atoms with Gasteiger partial charge in [0.2, 0.25) is 0 Å². The Balaban J connectivity index is 2.11. The topological polar surface area (TPSA) is 23.1 Å². The standard InChI is InChI=1S/C8H16OS/c1-2-10(9)7-8-5-3-4-6-8/h8H,2-7H2,1H3. The van der Waals surface area contributed by atoms with E-state index < -0.39 is 11.2 Å². The maximum absolute atomic E-state index is 11.1. The lowest BCUT2D eigenvalue weighted by Gasteiger charge is -2.12. The second-order valence-corrected chi connectivity index (χ2v) is 4.84. The third-order valence-electron chi connectivity index (χ3n) is 2.22. The lowest BCUT2D eigenvalue weighted by atomic mass is 10.1. The molecule has 2 heteroatoms. The van der Waals surface area contributed by atoms with E-state index >= 15 is 0 Å². The summed E-state index contributed by atoms with van der Waals surface area (Å²) in [7, 11) is 0. The summed E-state index contributed by atoms with van der Waals surface area (Å²) < 4.78 is 11.1. The predicted molar refractivity (Wildman–Crippen MR) is 45.5 cm³/mol. The van der Waals surface area contributed by atoms with Gasteiger partial charge in [0, 0.05) is 5.92 Å². The van der Waals surface area contributed by atoms with Crippen LogP contribution in [0.2, 0.25) is 0 Å². The SMILES string of the molecule is CC[S+]([O-])CC1CCCC1. The van der Waals surface area contributed by atoms with E-state index in [-0.39, 0.29) is 0 Å². The molecular formula is C8H16OS. The summed E-state index contributed by atoms with van der Waals surface area (Å²) >= 11 is -0.517. The van der Waals surface area contributed by atoms with Crippen LogP contribution in [-0.2, 0) is 11.2 Å². The van der Waals surface area contributed by atoms with Crippen LogP contribution < -0.4 is 0 Å². The summed E-state index contributed by atoms with van der Waals surface area (Å²) in [5.41, 5.74) is 0. The van der Waals surface area contributed by atoms with Crippen molar-refractivity contribution in [3.63, 3.8) is 0 Å². The lowest BCUT2D eigenvalue weighted by molar-refractivity contribution is 0.559. The molecule has 1 aliphatic carbocycles. The Hall–Kier alpha value is 0.310. The average molecular weight is 160 g/mol. The molecule has 0 amide bonds. The van der Waals surface area contributed by atoms with Gasteiger partial charge < -0.3 is 4.55 Å². The Bertz CT molecular complexity index is 89.3. The molecule has 0 aliphatic heterocycles. The number of hydrogen-bond donors (Lipinski definition) is 0. The van der Waals surface area contributed by atoms with E-state index in [1.807, 2.05) is 6.92 Å². The Morgan fingerprint density at radius 2 is 2.00 bits per heavy atom. The Kier molecular flexibility index (Phi) is 3.57. The molecule has 0 spiro atoms. The van der Waals surface area contributed by atoms with Crippen LogP contribution >= 0.6 is 0 Å². The molecule has 1 nitrogen and oxygen atoms in total. The van der Waals surface area contributed by atoms with Gasteiger partial charge in [0.25, 0.3) is 0 Å². The Labute approximate surface area is 66.4 Å². The highest BCUT2D eigenvalue weighted by molar-refractivity contribution is 7.91. The van der Waals surface area contributed by atoms with Crippen LogP contribution in [0.1, 0.15) is 32.6 Å². The molecule has 0 aromatic carbocycles. The fraction of sp³-hybridized carbons (Fsp3) is 1.00. The molecule has 0 aromatic rings.